The second kappa shape index (κ2) is 10.7. The third kappa shape index (κ3) is 5.85. The molecule has 0 aliphatic carbocycles. The Bertz CT molecular complexity index is 318. The molecule has 0 unspecified atom stereocenters. The van der Waals surface area contributed by atoms with Gasteiger partial charge in [-0.25, -0.2) is 0 Å². The lowest BCUT2D eigenvalue weighted by molar-refractivity contribution is -0.146. The van der Waals surface area contributed by atoms with Gasteiger partial charge in [0.05, 0.1) is 0 Å². The van der Waals surface area contributed by atoms with E-state index in [1.54, 1.807) is 7.11 Å². The van der Waals surface area contributed by atoms with Gasteiger partial charge in [0.2, 0.25) is 0 Å². The average Bonchev–Trinajstić information content (AvgIpc) is 2.50. The third-order valence-corrected chi connectivity index (χ3v) is 4.89. The summed E-state index contributed by atoms with van der Waals surface area (Å²) in [6, 6.07) is 0. The van der Waals surface area contributed by atoms with Crippen molar-refractivity contribution in [2.75, 3.05) is 46.9 Å². The van der Waals surface area contributed by atoms with E-state index in [0.717, 1.165) is 44.8 Å². The van der Waals surface area contributed by atoms with Crippen molar-refractivity contribution in [3.05, 3.63) is 0 Å². The highest BCUT2D eigenvalue weighted by Crippen LogP contribution is 2.23. The SMILES string of the molecule is COC1(C(=O)NCCC2CCN(C)CC2)CCNCC1.Cl.Cl. The minimum atomic E-state index is -0.599. The Balaban J connectivity index is 0.00000220. The third-order valence-electron chi connectivity index (χ3n) is 4.89. The maximum Gasteiger partial charge on any atom is 0.252 e. The standard InChI is InChI=1S/C15H29N3O2.2ClH/c1-18-11-4-13(5-12-18)3-8-17-14(19)15(20-2)6-9-16-10-7-15;;/h13,16H,3-12H2,1-2H3,(H,17,19);2*1H. The highest BCUT2D eigenvalue weighted by molar-refractivity contribution is 5.86. The zero-order valence-corrected chi connectivity index (χ0v) is 15.4. The van der Waals surface area contributed by atoms with Crippen molar-refractivity contribution in [1.82, 2.24) is 15.5 Å². The number of nitrogens with zero attached hydrogens (tertiary/aromatic N) is 1. The Kier molecular flexibility index (Phi) is 10.6. The number of piperidine rings is 2. The van der Waals surface area contributed by atoms with Crippen LogP contribution in [0.5, 0.6) is 0 Å². The fourth-order valence-electron chi connectivity index (χ4n) is 3.26. The maximum atomic E-state index is 12.4. The van der Waals surface area contributed by atoms with Crippen LogP contribution in [0.2, 0.25) is 0 Å². The average molecular weight is 356 g/mol. The van der Waals surface area contributed by atoms with E-state index in [1.165, 1.54) is 25.9 Å². The quantitative estimate of drug-likeness (QED) is 0.783. The van der Waals surface area contributed by atoms with Gasteiger partial charge in [0, 0.05) is 13.7 Å². The second-order valence-corrected chi connectivity index (χ2v) is 6.24. The van der Waals surface area contributed by atoms with Crippen LogP contribution < -0.4 is 10.6 Å². The summed E-state index contributed by atoms with van der Waals surface area (Å²) >= 11 is 0. The van der Waals surface area contributed by atoms with Crippen molar-refractivity contribution < 1.29 is 9.53 Å². The van der Waals surface area contributed by atoms with E-state index in [4.69, 9.17) is 4.74 Å². The number of hydrogen-bond acceptors (Lipinski definition) is 4. The van der Waals surface area contributed by atoms with E-state index in [-0.39, 0.29) is 30.7 Å². The maximum absolute atomic E-state index is 12.4. The molecule has 0 aromatic rings. The molecule has 0 aromatic carbocycles. The molecule has 0 radical (unpaired) electrons. The number of ether oxygens (including phenoxy) is 1. The molecule has 0 bridgehead atoms. The molecule has 1 amide bonds. The number of methoxy groups -OCH3 is 1. The first kappa shape index (κ1) is 21.9. The lowest BCUT2D eigenvalue weighted by Gasteiger charge is -2.35. The smallest absolute Gasteiger partial charge is 0.252 e. The number of halogens is 2. The number of carbonyl (C=O) groups excluding carboxylic acids is 1. The van der Waals surface area contributed by atoms with E-state index >= 15 is 0 Å². The van der Waals surface area contributed by atoms with Crippen LogP contribution in [0.15, 0.2) is 0 Å². The van der Waals surface area contributed by atoms with Crippen molar-refractivity contribution in [1.29, 1.82) is 0 Å². The first-order valence-corrected chi connectivity index (χ1v) is 7.89. The molecule has 2 aliphatic rings. The number of amides is 1. The van der Waals surface area contributed by atoms with Crippen LogP contribution in [0.1, 0.15) is 32.1 Å². The Morgan fingerprint density at radius 2 is 1.86 bits per heavy atom. The Morgan fingerprint density at radius 3 is 2.41 bits per heavy atom. The summed E-state index contributed by atoms with van der Waals surface area (Å²) in [5.41, 5.74) is -0.599. The Hall–Kier alpha value is -0.0700. The fourth-order valence-corrected chi connectivity index (χ4v) is 3.26. The molecule has 0 atom stereocenters. The fraction of sp³-hybridized carbons (Fsp3) is 0.933. The number of likely N-dealkylation sites (tertiary alicyclic amines) is 1. The molecule has 2 heterocycles. The summed E-state index contributed by atoms with van der Waals surface area (Å²) < 4.78 is 5.54. The lowest BCUT2D eigenvalue weighted by Crippen LogP contribution is -2.54. The zero-order valence-electron chi connectivity index (χ0n) is 13.7. The van der Waals surface area contributed by atoms with E-state index in [2.05, 4.69) is 22.6 Å². The highest BCUT2D eigenvalue weighted by atomic mass is 35.5. The molecule has 2 rings (SSSR count). The summed E-state index contributed by atoms with van der Waals surface area (Å²) in [6.45, 7) is 4.87. The van der Waals surface area contributed by atoms with Crippen LogP contribution in [0.25, 0.3) is 0 Å². The van der Waals surface area contributed by atoms with Gasteiger partial charge in [-0.15, -0.1) is 24.8 Å². The van der Waals surface area contributed by atoms with Gasteiger partial charge in [0.1, 0.15) is 5.60 Å². The second-order valence-electron chi connectivity index (χ2n) is 6.24. The monoisotopic (exact) mass is 355 g/mol. The number of nitrogens with one attached hydrogen (secondary N) is 2. The van der Waals surface area contributed by atoms with E-state index in [1.807, 2.05) is 0 Å². The largest absolute Gasteiger partial charge is 0.368 e. The molecule has 0 spiro atoms. The molecular formula is C15H31Cl2N3O2. The molecule has 2 fully saturated rings. The van der Waals surface area contributed by atoms with Crippen LogP contribution in [0.3, 0.4) is 0 Å². The molecule has 5 nitrogen and oxygen atoms in total. The Labute approximate surface area is 146 Å². The number of hydrogen-bond donors (Lipinski definition) is 2. The van der Waals surface area contributed by atoms with Gasteiger partial charge in [-0.3, -0.25) is 4.79 Å². The van der Waals surface area contributed by atoms with Crippen molar-refractivity contribution in [3.63, 3.8) is 0 Å². The minimum Gasteiger partial charge on any atom is -0.368 e. The summed E-state index contributed by atoms with van der Waals surface area (Å²) in [6.07, 6.45) is 5.14. The van der Waals surface area contributed by atoms with E-state index in [9.17, 15) is 4.79 Å². The van der Waals surface area contributed by atoms with Gasteiger partial charge >= 0.3 is 0 Å². The van der Waals surface area contributed by atoms with Gasteiger partial charge in [-0.1, -0.05) is 0 Å². The summed E-state index contributed by atoms with van der Waals surface area (Å²) in [5, 5.41) is 6.37. The van der Waals surface area contributed by atoms with Gasteiger partial charge in [-0.05, 0) is 71.2 Å². The van der Waals surface area contributed by atoms with Gasteiger partial charge in [0.25, 0.3) is 5.91 Å². The van der Waals surface area contributed by atoms with Gasteiger partial charge in [0.15, 0.2) is 0 Å². The summed E-state index contributed by atoms with van der Waals surface area (Å²) in [4.78, 5) is 14.8. The van der Waals surface area contributed by atoms with E-state index in [0.29, 0.717) is 0 Å². The Morgan fingerprint density at radius 1 is 1.27 bits per heavy atom. The van der Waals surface area contributed by atoms with Crippen molar-refractivity contribution in [2.24, 2.45) is 5.92 Å². The van der Waals surface area contributed by atoms with Crippen molar-refractivity contribution in [3.8, 4) is 0 Å². The van der Waals surface area contributed by atoms with Crippen LogP contribution in [0, 0.1) is 5.92 Å². The number of rotatable bonds is 5. The van der Waals surface area contributed by atoms with Gasteiger partial charge < -0.3 is 20.3 Å². The predicted molar refractivity (Wildman–Crippen MR) is 94.2 cm³/mol. The number of carbonyl (C=O) groups is 1. The summed E-state index contributed by atoms with van der Waals surface area (Å²) in [7, 11) is 3.83. The molecule has 7 heteroatoms. The first-order chi connectivity index (χ1) is 9.66. The van der Waals surface area contributed by atoms with Gasteiger partial charge in [-0.2, -0.15) is 0 Å². The molecule has 2 N–H and O–H groups in total. The van der Waals surface area contributed by atoms with Crippen LogP contribution in [-0.2, 0) is 9.53 Å². The molecule has 22 heavy (non-hydrogen) atoms. The minimum absolute atomic E-state index is 0. The molecular weight excluding hydrogens is 325 g/mol. The highest BCUT2D eigenvalue weighted by Gasteiger charge is 2.39. The molecule has 2 saturated heterocycles. The molecule has 132 valence electrons. The molecule has 0 aromatic heterocycles. The first-order valence-electron chi connectivity index (χ1n) is 7.89. The zero-order chi connectivity index (χ0) is 14.4. The van der Waals surface area contributed by atoms with Crippen LogP contribution in [0.4, 0.5) is 0 Å². The van der Waals surface area contributed by atoms with Crippen molar-refractivity contribution >= 4 is 30.7 Å². The molecule has 0 saturated carbocycles. The molecule has 2 aliphatic heterocycles. The van der Waals surface area contributed by atoms with E-state index < -0.39 is 5.60 Å². The topological polar surface area (TPSA) is 53.6 Å². The normalized spacial score (nSPS) is 22.3. The predicted octanol–water partition coefficient (Wildman–Crippen LogP) is 1.45. The lowest BCUT2D eigenvalue weighted by atomic mass is 9.90. The van der Waals surface area contributed by atoms with Crippen molar-refractivity contribution in [2.45, 2.75) is 37.7 Å². The van der Waals surface area contributed by atoms with Crippen LogP contribution in [-0.4, -0.2) is 63.3 Å². The summed E-state index contributed by atoms with van der Waals surface area (Å²) in [5.74, 6) is 0.840. The van der Waals surface area contributed by atoms with Crippen LogP contribution >= 0.6 is 24.8 Å².